The van der Waals surface area contributed by atoms with Crippen molar-refractivity contribution in [2.75, 3.05) is 18.6 Å². The summed E-state index contributed by atoms with van der Waals surface area (Å²) in [5, 5.41) is 2.24. The number of ether oxygens (including phenoxy) is 3. The standard InChI is InChI=1S/C31H32N2O6/c1-5-6-13-38-25-10-8-24(9-11-25)33-30(35)26(29(34)32-31(33)36)17-22-7-12-27(28(18-22)37-4)39-19-23-15-20(2)14-21(3)16-23/h7-12,14-18H,5-6,13,19H2,1-4H3,(H,32,34,36)/b26-17-. The summed E-state index contributed by atoms with van der Waals surface area (Å²) in [6, 6.07) is 17.1. The van der Waals surface area contributed by atoms with Crippen LogP contribution in [0.1, 0.15) is 42.0 Å². The number of amides is 4. The highest BCUT2D eigenvalue weighted by molar-refractivity contribution is 6.39. The van der Waals surface area contributed by atoms with Crippen molar-refractivity contribution in [1.29, 1.82) is 0 Å². The molecule has 0 radical (unpaired) electrons. The number of hydrogen-bond donors (Lipinski definition) is 1. The number of nitrogens with zero attached hydrogens (tertiary/aromatic N) is 1. The zero-order valence-corrected chi connectivity index (χ0v) is 22.6. The predicted molar refractivity (Wildman–Crippen MR) is 149 cm³/mol. The van der Waals surface area contributed by atoms with Crippen molar-refractivity contribution in [2.45, 2.75) is 40.2 Å². The first-order valence-electron chi connectivity index (χ1n) is 12.8. The maximum atomic E-state index is 13.3. The van der Waals surface area contributed by atoms with Gasteiger partial charge in [-0.25, -0.2) is 9.69 Å². The van der Waals surface area contributed by atoms with Gasteiger partial charge in [-0.3, -0.25) is 14.9 Å². The summed E-state index contributed by atoms with van der Waals surface area (Å²) in [5.41, 5.74) is 4.03. The minimum atomic E-state index is -0.811. The molecule has 8 heteroatoms. The van der Waals surface area contributed by atoms with Crippen molar-refractivity contribution in [2.24, 2.45) is 0 Å². The summed E-state index contributed by atoms with van der Waals surface area (Å²) in [6.07, 6.45) is 3.36. The number of imide groups is 2. The van der Waals surface area contributed by atoms with Crippen molar-refractivity contribution in [3.8, 4) is 17.2 Å². The average Bonchev–Trinajstić information content (AvgIpc) is 2.90. The summed E-state index contributed by atoms with van der Waals surface area (Å²) >= 11 is 0. The quantitative estimate of drug-likeness (QED) is 0.205. The van der Waals surface area contributed by atoms with E-state index in [-0.39, 0.29) is 5.57 Å². The lowest BCUT2D eigenvalue weighted by Gasteiger charge is -2.26. The maximum absolute atomic E-state index is 13.3. The molecule has 39 heavy (non-hydrogen) atoms. The Balaban J connectivity index is 1.53. The lowest BCUT2D eigenvalue weighted by molar-refractivity contribution is -0.122. The highest BCUT2D eigenvalue weighted by Crippen LogP contribution is 2.31. The van der Waals surface area contributed by atoms with Gasteiger partial charge in [0.1, 0.15) is 17.9 Å². The van der Waals surface area contributed by atoms with E-state index in [1.165, 1.54) is 13.2 Å². The number of nitrogens with one attached hydrogen (secondary N) is 1. The van der Waals surface area contributed by atoms with Gasteiger partial charge in [-0.1, -0.05) is 48.7 Å². The minimum absolute atomic E-state index is 0.177. The molecule has 0 atom stereocenters. The molecule has 1 fully saturated rings. The van der Waals surface area contributed by atoms with Gasteiger partial charge in [0.15, 0.2) is 11.5 Å². The van der Waals surface area contributed by atoms with E-state index in [4.69, 9.17) is 14.2 Å². The molecule has 3 aromatic carbocycles. The predicted octanol–water partition coefficient (Wildman–Crippen LogP) is 5.74. The smallest absolute Gasteiger partial charge is 0.335 e. The molecule has 0 bridgehead atoms. The Labute approximate surface area is 228 Å². The Morgan fingerprint density at radius 2 is 1.59 bits per heavy atom. The molecule has 0 aliphatic carbocycles. The number of benzene rings is 3. The lowest BCUT2D eigenvalue weighted by Crippen LogP contribution is -2.54. The van der Waals surface area contributed by atoms with Crippen LogP contribution in [0.2, 0.25) is 0 Å². The van der Waals surface area contributed by atoms with Gasteiger partial charge in [0.2, 0.25) is 0 Å². The monoisotopic (exact) mass is 528 g/mol. The first-order chi connectivity index (χ1) is 18.8. The Hall–Kier alpha value is -4.59. The number of urea groups is 1. The Bertz CT molecular complexity index is 1390. The van der Waals surface area contributed by atoms with Gasteiger partial charge in [0, 0.05) is 0 Å². The van der Waals surface area contributed by atoms with E-state index in [9.17, 15) is 14.4 Å². The van der Waals surface area contributed by atoms with Gasteiger partial charge < -0.3 is 14.2 Å². The summed E-state index contributed by atoms with van der Waals surface area (Å²) in [4.78, 5) is 39.4. The third-order valence-corrected chi connectivity index (χ3v) is 6.14. The van der Waals surface area contributed by atoms with Crippen LogP contribution in [0.5, 0.6) is 17.2 Å². The molecule has 3 aromatic rings. The highest BCUT2D eigenvalue weighted by atomic mass is 16.5. The molecule has 1 N–H and O–H groups in total. The van der Waals surface area contributed by atoms with Crippen LogP contribution in [-0.4, -0.2) is 31.6 Å². The van der Waals surface area contributed by atoms with Crippen LogP contribution in [0.15, 0.2) is 66.2 Å². The second-order valence-corrected chi connectivity index (χ2v) is 9.35. The van der Waals surface area contributed by atoms with Gasteiger partial charge in [-0.05, 0) is 73.9 Å². The third kappa shape index (κ3) is 6.65. The minimum Gasteiger partial charge on any atom is -0.494 e. The van der Waals surface area contributed by atoms with Crippen molar-refractivity contribution in [3.05, 3.63) is 88.5 Å². The molecule has 0 saturated carbocycles. The van der Waals surface area contributed by atoms with E-state index in [1.54, 1.807) is 42.5 Å². The second-order valence-electron chi connectivity index (χ2n) is 9.35. The van der Waals surface area contributed by atoms with Crippen LogP contribution in [0.4, 0.5) is 10.5 Å². The summed E-state index contributed by atoms with van der Waals surface area (Å²) in [6.45, 7) is 7.09. The Kier molecular flexibility index (Phi) is 8.66. The SMILES string of the molecule is CCCCOc1ccc(N2C(=O)NC(=O)/C(=C/c3ccc(OCc4cc(C)cc(C)c4)c(OC)c3)C2=O)cc1. The molecule has 4 rings (SSSR count). The fraction of sp³-hybridized carbons (Fsp3) is 0.258. The summed E-state index contributed by atoms with van der Waals surface area (Å²) in [7, 11) is 1.52. The third-order valence-electron chi connectivity index (χ3n) is 6.14. The fourth-order valence-electron chi connectivity index (χ4n) is 4.29. The molecular formula is C31H32N2O6. The van der Waals surface area contributed by atoms with Gasteiger partial charge in [0.25, 0.3) is 11.8 Å². The van der Waals surface area contributed by atoms with E-state index >= 15 is 0 Å². The van der Waals surface area contributed by atoms with Crippen molar-refractivity contribution in [3.63, 3.8) is 0 Å². The van der Waals surface area contributed by atoms with E-state index in [0.29, 0.717) is 41.7 Å². The van der Waals surface area contributed by atoms with E-state index < -0.39 is 17.8 Å². The molecule has 1 saturated heterocycles. The van der Waals surface area contributed by atoms with Crippen molar-refractivity contribution in [1.82, 2.24) is 5.32 Å². The molecule has 4 amide bonds. The molecule has 1 aliphatic heterocycles. The van der Waals surface area contributed by atoms with E-state index in [2.05, 4.69) is 30.4 Å². The normalized spacial score (nSPS) is 14.4. The van der Waals surface area contributed by atoms with Crippen LogP contribution in [0.3, 0.4) is 0 Å². The molecule has 0 unspecified atom stereocenters. The van der Waals surface area contributed by atoms with Gasteiger partial charge in [0.05, 0.1) is 19.4 Å². The number of barbiturate groups is 1. The molecule has 1 heterocycles. The number of carbonyl (C=O) groups is 3. The van der Waals surface area contributed by atoms with E-state index in [0.717, 1.165) is 34.4 Å². The first kappa shape index (κ1) is 27.4. The number of rotatable bonds is 10. The number of methoxy groups -OCH3 is 1. The number of hydrogen-bond acceptors (Lipinski definition) is 6. The molecule has 202 valence electrons. The largest absolute Gasteiger partial charge is 0.494 e. The summed E-state index contributed by atoms with van der Waals surface area (Å²) in [5.74, 6) is 0.114. The van der Waals surface area contributed by atoms with Crippen LogP contribution in [0.25, 0.3) is 6.08 Å². The van der Waals surface area contributed by atoms with Crippen LogP contribution < -0.4 is 24.4 Å². The van der Waals surface area contributed by atoms with Gasteiger partial charge in [-0.2, -0.15) is 0 Å². The molecule has 0 spiro atoms. The van der Waals surface area contributed by atoms with Gasteiger partial charge >= 0.3 is 6.03 Å². The van der Waals surface area contributed by atoms with Crippen molar-refractivity contribution >= 4 is 29.6 Å². The fourth-order valence-corrected chi connectivity index (χ4v) is 4.29. The first-order valence-corrected chi connectivity index (χ1v) is 12.8. The van der Waals surface area contributed by atoms with Crippen LogP contribution in [-0.2, 0) is 16.2 Å². The Morgan fingerprint density at radius 1 is 0.872 bits per heavy atom. The molecule has 0 aromatic heterocycles. The highest BCUT2D eigenvalue weighted by Gasteiger charge is 2.36. The molecule has 8 nitrogen and oxygen atoms in total. The Morgan fingerprint density at radius 3 is 2.26 bits per heavy atom. The number of aryl methyl sites for hydroxylation is 2. The van der Waals surface area contributed by atoms with Crippen molar-refractivity contribution < 1.29 is 28.6 Å². The maximum Gasteiger partial charge on any atom is 0.335 e. The topological polar surface area (TPSA) is 94.2 Å². The number of unbranched alkanes of at least 4 members (excludes halogenated alkanes) is 1. The molecule has 1 aliphatic rings. The zero-order chi connectivity index (χ0) is 27.9. The van der Waals surface area contributed by atoms with E-state index in [1.807, 2.05) is 13.8 Å². The second kappa shape index (κ2) is 12.3. The average molecular weight is 529 g/mol. The van der Waals surface area contributed by atoms with Gasteiger partial charge in [-0.15, -0.1) is 0 Å². The van der Waals surface area contributed by atoms with Crippen LogP contribution >= 0.6 is 0 Å². The molecular weight excluding hydrogens is 496 g/mol. The number of anilines is 1. The number of carbonyl (C=O) groups excluding carboxylic acids is 3. The zero-order valence-electron chi connectivity index (χ0n) is 22.6. The summed E-state index contributed by atoms with van der Waals surface area (Å²) < 4.78 is 17.1. The van der Waals surface area contributed by atoms with Crippen LogP contribution in [0, 0.1) is 13.8 Å². The lowest BCUT2D eigenvalue weighted by atomic mass is 10.1.